The Kier molecular flexibility index (Phi) is 5.36. The number of rotatable bonds is 6. The van der Waals surface area contributed by atoms with Crippen LogP contribution in [0.25, 0.3) is 0 Å². The second-order valence-corrected chi connectivity index (χ2v) is 8.30. The lowest BCUT2D eigenvalue weighted by molar-refractivity contribution is 0.0940. The molecule has 1 atom stereocenters. The topological polar surface area (TPSA) is 110 Å². The fourth-order valence-corrected chi connectivity index (χ4v) is 4.31. The van der Waals surface area contributed by atoms with Crippen molar-refractivity contribution in [2.45, 2.75) is 19.0 Å². The molecule has 0 bridgehead atoms. The first kappa shape index (κ1) is 18.1. The van der Waals surface area contributed by atoms with Gasteiger partial charge in [0.15, 0.2) is 9.84 Å². The van der Waals surface area contributed by atoms with Crippen molar-refractivity contribution in [2.75, 3.05) is 23.9 Å². The molecule has 1 amide bonds. The Bertz CT molecular complexity index is 867. The van der Waals surface area contributed by atoms with Gasteiger partial charge in [-0.05, 0) is 24.1 Å². The highest BCUT2D eigenvalue weighted by atomic mass is 32.2. The Hall–Kier alpha value is -2.68. The summed E-state index contributed by atoms with van der Waals surface area (Å²) in [5.41, 5.74) is 1.34. The molecule has 0 aliphatic carbocycles. The van der Waals surface area contributed by atoms with Crippen LogP contribution in [-0.4, -0.2) is 49.0 Å². The fraction of sp³-hybridized carbons (Fsp3) is 0.353. The van der Waals surface area contributed by atoms with Crippen LogP contribution >= 0.6 is 0 Å². The Morgan fingerprint density at radius 1 is 1.23 bits per heavy atom. The molecule has 0 radical (unpaired) electrons. The van der Waals surface area contributed by atoms with Crippen LogP contribution in [0.5, 0.6) is 5.75 Å². The number of nitrogens with one attached hydrogen (secondary N) is 2. The minimum absolute atomic E-state index is 0.0128. The summed E-state index contributed by atoms with van der Waals surface area (Å²) in [5.74, 6) is 0.925. The van der Waals surface area contributed by atoms with E-state index in [4.69, 9.17) is 4.74 Å². The van der Waals surface area contributed by atoms with Crippen LogP contribution in [0.1, 0.15) is 22.3 Å². The number of hydrogen-bond donors (Lipinski definition) is 2. The molecule has 1 aromatic heterocycles. The van der Waals surface area contributed by atoms with Crippen LogP contribution in [0.4, 0.5) is 5.95 Å². The minimum Gasteiger partial charge on any atom is -0.497 e. The number of carbonyl (C=O) groups excluding carboxylic acids is 1. The van der Waals surface area contributed by atoms with E-state index in [2.05, 4.69) is 20.6 Å². The molecule has 1 unspecified atom stereocenters. The predicted molar refractivity (Wildman–Crippen MR) is 96.9 cm³/mol. The zero-order valence-electron chi connectivity index (χ0n) is 14.3. The smallest absolute Gasteiger partial charge is 0.254 e. The molecule has 1 fully saturated rings. The third-order valence-corrected chi connectivity index (χ3v) is 5.86. The van der Waals surface area contributed by atoms with Crippen molar-refractivity contribution < 1.29 is 17.9 Å². The number of hydrogen-bond acceptors (Lipinski definition) is 7. The van der Waals surface area contributed by atoms with Gasteiger partial charge in [-0.15, -0.1) is 0 Å². The highest BCUT2D eigenvalue weighted by Crippen LogP contribution is 2.13. The zero-order chi connectivity index (χ0) is 18.6. The molecule has 1 saturated heterocycles. The van der Waals surface area contributed by atoms with Crippen LogP contribution < -0.4 is 15.4 Å². The first-order valence-corrected chi connectivity index (χ1v) is 9.97. The van der Waals surface area contributed by atoms with Gasteiger partial charge in [0.1, 0.15) is 5.75 Å². The average molecular weight is 376 g/mol. The third kappa shape index (κ3) is 4.69. The molecule has 0 spiro atoms. The van der Waals surface area contributed by atoms with Crippen LogP contribution in [-0.2, 0) is 16.4 Å². The minimum atomic E-state index is -3.03. The van der Waals surface area contributed by atoms with Gasteiger partial charge in [-0.1, -0.05) is 12.1 Å². The van der Waals surface area contributed by atoms with Gasteiger partial charge in [-0.25, -0.2) is 18.4 Å². The maximum Gasteiger partial charge on any atom is 0.254 e. The molecular formula is C17H20N4O4S. The van der Waals surface area contributed by atoms with Crippen LogP contribution in [0.3, 0.4) is 0 Å². The molecule has 9 heteroatoms. The maximum absolute atomic E-state index is 12.1. The summed E-state index contributed by atoms with van der Waals surface area (Å²) in [6, 6.07) is 7.26. The van der Waals surface area contributed by atoms with Crippen molar-refractivity contribution in [3.63, 3.8) is 0 Å². The van der Waals surface area contributed by atoms with Crippen molar-refractivity contribution >= 4 is 21.7 Å². The molecule has 8 nitrogen and oxygen atoms in total. The fourth-order valence-electron chi connectivity index (χ4n) is 2.64. The summed E-state index contributed by atoms with van der Waals surface area (Å²) >= 11 is 0. The predicted octanol–water partition coefficient (Wildman–Crippen LogP) is 1.01. The maximum atomic E-state index is 12.1. The van der Waals surface area contributed by atoms with E-state index in [1.165, 1.54) is 12.4 Å². The molecule has 2 N–H and O–H groups in total. The molecule has 1 aromatic carbocycles. The van der Waals surface area contributed by atoms with Crippen molar-refractivity contribution in [1.29, 1.82) is 0 Å². The first-order chi connectivity index (χ1) is 12.4. The molecule has 1 aliphatic rings. The van der Waals surface area contributed by atoms with E-state index < -0.39 is 9.84 Å². The van der Waals surface area contributed by atoms with Crippen molar-refractivity contribution in [2.24, 2.45) is 0 Å². The quantitative estimate of drug-likeness (QED) is 0.774. The lowest BCUT2D eigenvalue weighted by Gasteiger charge is -2.11. The summed E-state index contributed by atoms with van der Waals surface area (Å²) < 4.78 is 28.0. The molecule has 26 heavy (non-hydrogen) atoms. The molecule has 1 aliphatic heterocycles. The average Bonchev–Trinajstić information content (AvgIpc) is 2.99. The Balaban J connectivity index is 1.53. The standard InChI is InChI=1S/C17H20N4O4S/c1-25-15-4-2-12(3-5-15)8-18-17-19-9-13(10-20-17)16(22)21-14-6-7-26(23,24)11-14/h2-5,9-10,14H,6-8,11H2,1H3,(H,21,22)(H,18,19,20). The number of benzene rings is 1. The SMILES string of the molecule is COc1ccc(CNc2ncc(C(=O)NC3CCS(=O)(=O)C3)cn2)cc1. The highest BCUT2D eigenvalue weighted by Gasteiger charge is 2.29. The Morgan fingerprint density at radius 3 is 2.50 bits per heavy atom. The molecule has 0 saturated carbocycles. The van der Waals surface area contributed by atoms with E-state index in [-0.39, 0.29) is 23.5 Å². The second kappa shape index (κ2) is 7.69. The van der Waals surface area contributed by atoms with Gasteiger partial charge in [0.25, 0.3) is 5.91 Å². The largest absolute Gasteiger partial charge is 0.497 e. The van der Waals surface area contributed by atoms with Crippen LogP contribution in [0.15, 0.2) is 36.7 Å². The molecular weight excluding hydrogens is 356 g/mol. The zero-order valence-corrected chi connectivity index (χ0v) is 15.1. The van der Waals surface area contributed by atoms with E-state index in [0.717, 1.165) is 11.3 Å². The molecule has 138 valence electrons. The van der Waals surface area contributed by atoms with Gasteiger partial charge in [0.05, 0.1) is 24.2 Å². The normalized spacial score (nSPS) is 18.3. The number of methoxy groups -OCH3 is 1. The van der Waals surface area contributed by atoms with Gasteiger partial charge in [-0.3, -0.25) is 4.79 Å². The van der Waals surface area contributed by atoms with E-state index in [1.54, 1.807) is 7.11 Å². The number of anilines is 1. The second-order valence-electron chi connectivity index (χ2n) is 6.07. The summed E-state index contributed by atoms with van der Waals surface area (Å²) in [5, 5.41) is 5.78. The van der Waals surface area contributed by atoms with E-state index >= 15 is 0 Å². The summed E-state index contributed by atoms with van der Waals surface area (Å²) in [4.78, 5) is 20.4. The number of sulfone groups is 1. The van der Waals surface area contributed by atoms with Gasteiger partial charge in [-0.2, -0.15) is 0 Å². The highest BCUT2D eigenvalue weighted by molar-refractivity contribution is 7.91. The molecule has 2 heterocycles. The summed E-state index contributed by atoms with van der Waals surface area (Å²) in [7, 11) is -1.42. The van der Waals surface area contributed by atoms with Gasteiger partial charge in [0, 0.05) is 25.0 Å². The number of amides is 1. The third-order valence-electron chi connectivity index (χ3n) is 4.09. The lowest BCUT2D eigenvalue weighted by Crippen LogP contribution is -2.35. The van der Waals surface area contributed by atoms with Crippen molar-refractivity contribution in [3.05, 3.63) is 47.8 Å². The number of ether oxygens (including phenoxy) is 1. The summed E-state index contributed by atoms with van der Waals surface area (Å²) in [6.07, 6.45) is 3.28. The Labute approximate surface area is 151 Å². The Morgan fingerprint density at radius 2 is 1.92 bits per heavy atom. The van der Waals surface area contributed by atoms with E-state index in [9.17, 15) is 13.2 Å². The number of carbonyl (C=O) groups is 1. The van der Waals surface area contributed by atoms with Gasteiger partial charge in [0.2, 0.25) is 5.95 Å². The lowest BCUT2D eigenvalue weighted by atomic mass is 10.2. The van der Waals surface area contributed by atoms with E-state index in [1.807, 2.05) is 24.3 Å². The van der Waals surface area contributed by atoms with Crippen LogP contribution in [0, 0.1) is 0 Å². The number of aromatic nitrogens is 2. The monoisotopic (exact) mass is 376 g/mol. The number of nitrogens with zero attached hydrogens (tertiary/aromatic N) is 2. The summed E-state index contributed by atoms with van der Waals surface area (Å²) in [6.45, 7) is 0.537. The van der Waals surface area contributed by atoms with Crippen LogP contribution in [0.2, 0.25) is 0 Å². The van der Waals surface area contributed by atoms with Crippen molar-refractivity contribution in [3.8, 4) is 5.75 Å². The van der Waals surface area contributed by atoms with Gasteiger partial charge < -0.3 is 15.4 Å². The first-order valence-electron chi connectivity index (χ1n) is 8.15. The molecule has 3 rings (SSSR count). The van der Waals surface area contributed by atoms with Crippen molar-refractivity contribution in [1.82, 2.24) is 15.3 Å². The van der Waals surface area contributed by atoms with Gasteiger partial charge >= 0.3 is 0 Å². The van der Waals surface area contributed by atoms with E-state index in [0.29, 0.717) is 24.5 Å². The molecule has 2 aromatic rings.